The molecule has 0 saturated heterocycles. The Morgan fingerprint density at radius 1 is 1.56 bits per heavy atom. The first-order valence-corrected chi connectivity index (χ1v) is 7.21. The Balaban J connectivity index is 2.58. The van der Waals surface area contributed by atoms with Gasteiger partial charge in [0.15, 0.2) is 5.16 Å². The maximum Gasteiger partial charge on any atom is 0.343 e. The number of nitrogens with zero attached hydrogens (tertiary/aromatic N) is 2. The Bertz CT molecular complexity index is 385. The van der Waals surface area contributed by atoms with Gasteiger partial charge in [-0.25, -0.2) is 9.89 Å². The number of rotatable bonds is 9. The average molecular weight is 274 g/mol. The second-order valence-corrected chi connectivity index (χ2v) is 4.97. The topological polar surface area (TPSA) is 71.9 Å². The molecule has 104 valence electrons. The lowest BCUT2D eigenvalue weighted by atomic mass is 10.3. The molecule has 0 bridgehead atoms. The number of aromatic nitrogens is 3. The predicted molar refractivity (Wildman–Crippen MR) is 73.2 cm³/mol. The van der Waals surface area contributed by atoms with Gasteiger partial charge in [0.1, 0.15) is 0 Å². The van der Waals surface area contributed by atoms with Crippen LogP contribution in [0.5, 0.6) is 0 Å². The molecule has 0 aliphatic carbocycles. The maximum absolute atomic E-state index is 11.5. The van der Waals surface area contributed by atoms with Gasteiger partial charge in [-0.3, -0.25) is 4.57 Å². The van der Waals surface area contributed by atoms with Crippen molar-refractivity contribution in [3.05, 3.63) is 10.5 Å². The molecule has 1 aromatic rings. The highest BCUT2D eigenvalue weighted by Gasteiger charge is 2.12. The molecule has 1 unspecified atom stereocenters. The van der Waals surface area contributed by atoms with E-state index in [0.717, 1.165) is 23.9 Å². The molecule has 0 aliphatic heterocycles. The summed E-state index contributed by atoms with van der Waals surface area (Å²) in [5, 5.41) is 10.6. The molecular weight excluding hydrogens is 252 g/mol. The van der Waals surface area contributed by atoms with Crippen LogP contribution >= 0.6 is 11.8 Å². The fourth-order valence-electron chi connectivity index (χ4n) is 1.67. The molecule has 6 nitrogen and oxygen atoms in total. The van der Waals surface area contributed by atoms with Crippen LogP contribution in [0.25, 0.3) is 0 Å². The van der Waals surface area contributed by atoms with E-state index in [1.165, 1.54) is 0 Å². The molecule has 2 N–H and O–H groups in total. The summed E-state index contributed by atoms with van der Waals surface area (Å²) in [6.45, 7) is 6.36. The number of aromatic amines is 1. The average Bonchev–Trinajstić information content (AvgIpc) is 2.69. The minimum Gasteiger partial charge on any atom is -0.383 e. The van der Waals surface area contributed by atoms with E-state index in [2.05, 4.69) is 22.4 Å². The van der Waals surface area contributed by atoms with Gasteiger partial charge in [-0.2, -0.15) is 0 Å². The van der Waals surface area contributed by atoms with Crippen molar-refractivity contribution in [2.24, 2.45) is 0 Å². The van der Waals surface area contributed by atoms with E-state index in [1.807, 2.05) is 6.92 Å². The van der Waals surface area contributed by atoms with Gasteiger partial charge in [0, 0.05) is 25.4 Å². The summed E-state index contributed by atoms with van der Waals surface area (Å²) in [6, 6.07) is 0.270. The van der Waals surface area contributed by atoms with Crippen LogP contribution in [0.1, 0.15) is 20.3 Å². The molecule has 0 saturated carbocycles. The second kappa shape index (κ2) is 8.34. The van der Waals surface area contributed by atoms with Gasteiger partial charge < -0.3 is 10.1 Å². The number of ether oxygens (including phenoxy) is 1. The summed E-state index contributed by atoms with van der Waals surface area (Å²) in [7, 11) is 1.69. The van der Waals surface area contributed by atoms with Gasteiger partial charge in [0.2, 0.25) is 0 Å². The fraction of sp³-hybridized carbons (Fsp3) is 0.818. The van der Waals surface area contributed by atoms with Crippen LogP contribution < -0.4 is 11.0 Å². The van der Waals surface area contributed by atoms with Crippen LogP contribution in [0, 0.1) is 0 Å². The zero-order chi connectivity index (χ0) is 13.4. The van der Waals surface area contributed by atoms with Crippen molar-refractivity contribution in [1.29, 1.82) is 0 Å². The third-order valence-corrected chi connectivity index (χ3v) is 3.58. The third kappa shape index (κ3) is 4.47. The SMILES string of the molecule is CCCn1c(SCC(COC)NCC)n[nH]c1=O. The van der Waals surface area contributed by atoms with Crippen molar-refractivity contribution < 1.29 is 4.74 Å². The van der Waals surface area contributed by atoms with E-state index >= 15 is 0 Å². The zero-order valence-electron chi connectivity index (χ0n) is 11.2. The molecule has 0 fully saturated rings. The van der Waals surface area contributed by atoms with Crippen LogP contribution in [0.4, 0.5) is 0 Å². The van der Waals surface area contributed by atoms with Gasteiger partial charge in [-0.1, -0.05) is 25.6 Å². The Morgan fingerprint density at radius 3 is 2.94 bits per heavy atom. The monoisotopic (exact) mass is 274 g/mol. The van der Waals surface area contributed by atoms with Crippen molar-refractivity contribution in [2.75, 3.05) is 26.0 Å². The third-order valence-electron chi connectivity index (χ3n) is 2.44. The number of H-pyrrole nitrogens is 1. The van der Waals surface area contributed by atoms with Crippen LogP contribution in [0.3, 0.4) is 0 Å². The van der Waals surface area contributed by atoms with Crippen molar-refractivity contribution in [3.63, 3.8) is 0 Å². The Morgan fingerprint density at radius 2 is 2.33 bits per heavy atom. The van der Waals surface area contributed by atoms with E-state index in [9.17, 15) is 4.79 Å². The zero-order valence-corrected chi connectivity index (χ0v) is 12.0. The van der Waals surface area contributed by atoms with Crippen molar-refractivity contribution in [2.45, 2.75) is 38.0 Å². The van der Waals surface area contributed by atoms with Gasteiger partial charge in [-0.05, 0) is 13.0 Å². The standard InChI is InChI=1S/C11H22N4O2S/c1-4-6-15-10(16)13-14-11(15)18-8-9(7-17-3)12-5-2/h9,12H,4-8H2,1-3H3,(H,13,16). The van der Waals surface area contributed by atoms with Gasteiger partial charge in [-0.15, -0.1) is 5.10 Å². The minimum absolute atomic E-state index is 0.133. The van der Waals surface area contributed by atoms with Crippen molar-refractivity contribution in [1.82, 2.24) is 20.1 Å². The lowest BCUT2D eigenvalue weighted by molar-refractivity contribution is 0.174. The number of thioether (sulfide) groups is 1. The van der Waals surface area contributed by atoms with Crippen LogP contribution in [-0.4, -0.2) is 46.8 Å². The number of methoxy groups -OCH3 is 1. The van der Waals surface area contributed by atoms with Gasteiger partial charge in [0.25, 0.3) is 0 Å². The number of likely N-dealkylation sites (N-methyl/N-ethyl adjacent to an activating group) is 1. The fourth-order valence-corrected chi connectivity index (χ4v) is 2.67. The van der Waals surface area contributed by atoms with Crippen LogP contribution in [-0.2, 0) is 11.3 Å². The molecule has 7 heteroatoms. The summed E-state index contributed by atoms with van der Waals surface area (Å²) >= 11 is 1.57. The number of hydrogen-bond acceptors (Lipinski definition) is 5. The second-order valence-electron chi connectivity index (χ2n) is 3.98. The summed E-state index contributed by atoms with van der Waals surface area (Å²) in [6.07, 6.45) is 0.918. The van der Waals surface area contributed by atoms with Gasteiger partial charge >= 0.3 is 5.69 Å². The molecule has 1 heterocycles. The maximum atomic E-state index is 11.5. The Kier molecular flexibility index (Phi) is 7.07. The van der Waals surface area contributed by atoms with E-state index < -0.39 is 0 Å². The molecule has 18 heavy (non-hydrogen) atoms. The molecular formula is C11H22N4O2S. The Labute approximate surface area is 111 Å². The highest BCUT2D eigenvalue weighted by Crippen LogP contribution is 2.14. The molecule has 1 aromatic heterocycles. The molecule has 0 spiro atoms. The number of nitrogens with one attached hydrogen (secondary N) is 2. The molecule has 0 radical (unpaired) electrons. The van der Waals surface area contributed by atoms with Crippen molar-refractivity contribution >= 4 is 11.8 Å². The molecule has 0 aliphatic rings. The van der Waals surface area contributed by atoms with E-state index in [-0.39, 0.29) is 11.7 Å². The van der Waals surface area contributed by atoms with Crippen LogP contribution in [0.2, 0.25) is 0 Å². The highest BCUT2D eigenvalue weighted by molar-refractivity contribution is 7.99. The van der Waals surface area contributed by atoms with E-state index in [4.69, 9.17) is 4.74 Å². The molecule has 1 rings (SSSR count). The lowest BCUT2D eigenvalue weighted by Crippen LogP contribution is -2.35. The van der Waals surface area contributed by atoms with Crippen LogP contribution in [0.15, 0.2) is 9.95 Å². The largest absolute Gasteiger partial charge is 0.383 e. The van der Waals surface area contributed by atoms with Crippen molar-refractivity contribution in [3.8, 4) is 0 Å². The predicted octanol–water partition coefficient (Wildman–Crippen LogP) is 0.698. The molecule has 1 atom stereocenters. The lowest BCUT2D eigenvalue weighted by Gasteiger charge is -2.15. The Hall–Kier alpha value is -0.790. The van der Waals surface area contributed by atoms with E-state index in [1.54, 1.807) is 23.4 Å². The summed E-state index contributed by atoms with van der Waals surface area (Å²) in [4.78, 5) is 11.5. The summed E-state index contributed by atoms with van der Waals surface area (Å²) in [5.41, 5.74) is -0.133. The van der Waals surface area contributed by atoms with Gasteiger partial charge in [0.05, 0.1) is 6.61 Å². The highest BCUT2D eigenvalue weighted by atomic mass is 32.2. The molecule has 0 aromatic carbocycles. The number of hydrogen-bond donors (Lipinski definition) is 2. The normalized spacial score (nSPS) is 12.8. The first kappa shape index (κ1) is 15.3. The first-order chi connectivity index (χ1) is 8.72. The quantitative estimate of drug-likeness (QED) is 0.649. The summed E-state index contributed by atoms with van der Waals surface area (Å²) < 4.78 is 6.84. The summed E-state index contributed by atoms with van der Waals surface area (Å²) in [5.74, 6) is 0.829. The first-order valence-electron chi connectivity index (χ1n) is 6.23. The smallest absolute Gasteiger partial charge is 0.343 e. The minimum atomic E-state index is -0.133. The van der Waals surface area contributed by atoms with E-state index in [0.29, 0.717) is 13.2 Å². The molecule has 0 amide bonds.